The van der Waals surface area contributed by atoms with Crippen molar-refractivity contribution in [2.45, 2.75) is 45.1 Å². The summed E-state index contributed by atoms with van der Waals surface area (Å²) >= 11 is 0. The van der Waals surface area contributed by atoms with Gasteiger partial charge in [0.25, 0.3) is 0 Å². The summed E-state index contributed by atoms with van der Waals surface area (Å²) in [6, 6.07) is 4.83. The zero-order chi connectivity index (χ0) is 16.0. The van der Waals surface area contributed by atoms with Gasteiger partial charge in [0.1, 0.15) is 5.75 Å². The second-order valence-electron chi connectivity index (χ2n) is 5.56. The number of aliphatic hydroxyl groups excluding tert-OH is 1. The molecule has 0 aliphatic rings. The molecule has 0 amide bonds. The van der Waals surface area contributed by atoms with Crippen LogP contribution in [0.15, 0.2) is 23.1 Å². The third-order valence-corrected chi connectivity index (χ3v) is 4.48. The SMILES string of the molecule is Cc1cc(S(=O)(=O)NCC(C)CCO)ccc1OC(C)C. The lowest BCUT2D eigenvalue weighted by molar-refractivity contribution is 0.240. The second-order valence-corrected chi connectivity index (χ2v) is 7.33. The molecule has 0 radical (unpaired) electrons. The van der Waals surface area contributed by atoms with Crippen LogP contribution in [0.5, 0.6) is 5.75 Å². The van der Waals surface area contributed by atoms with Gasteiger partial charge in [-0.2, -0.15) is 0 Å². The Labute approximate surface area is 127 Å². The van der Waals surface area contributed by atoms with Crippen LogP contribution >= 0.6 is 0 Å². The third-order valence-electron chi connectivity index (χ3n) is 3.06. The molecular formula is C15H25NO4S. The highest BCUT2D eigenvalue weighted by Gasteiger charge is 2.16. The summed E-state index contributed by atoms with van der Waals surface area (Å²) in [5.74, 6) is 0.784. The number of rotatable bonds is 8. The van der Waals surface area contributed by atoms with Crippen molar-refractivity contribution in [2.75, 3.05) is 13.2 Å². The number of aliphatic hydroxyl groups is 1. The first-order valence-corrected chi connectivity index (χ1v) is 8.62. The van der Waals surface area contributed by atoms with Crippen molar-refractivity contribution in [3.05, 3.63) is 23.8 Å². The molecule has 0 aromatic heterocycles. The molecule has 1 aromatic carbocycles. The smallest absolute Gasteiger partial charge is 0.240 e. The van der Waals surface area contributed by atoms with Crippen molar-refractivity contribution in [2.24, 2.45) is 5.92 Å². The van der Waals surface area contributed by atoms with Crippen LogP contribution in [0.25, 0.3) is 0 Å². The van der Waals surface area contributed by atoms with Gasteiger partial charge in [-0.1, -0.05) is 6.92 Å². The van der Waals surface area contributed by atoms with E-state index in [1.54, 1.807) is 18.2 Å². The van der Waals surface area contributed by atoms with E-state index >= 15 is 0 Å². The lowest BCUT2D eigenvalue weighted by Crippen LogP contribution is -2.28. The molecule has 2 N–H and O–H groups in total. The predicted molar refractivity (Wildman–Crippen MR) is 83.0 cm³/mol. The van der Waals surface area contributed by atoms with Crippen molar-refractivity contribution in [1.29, 1.82) is 0 Å². The van der Waals surface area contributed by atoms with Crippen LogP contribution in [0.2, 0.25) is 0 Å². The summed E-state index contributed by atoms with van der Waals surface area (Å²) in [6.45, 7) is 7.94. The molecule has 21 heavy (non-hydrogen) atoms. The first-order valence-electron chi connectivity index (χ1n) is 7.14. The summed E-state index contributed by atoms with van der Waals surface area (Å²) < 4.78 is 32.6. The van der Waals surface area contributed by atoms with Gasteiger partial charge in [-0.05, 0) is 56.9 Å². The van der Waals surface area contributed by atoms with E-state index in [0.717, 1.165) is 5.56 Å². The minimum absolute atomic E-state index is 0.0450. The Morgan fingerprint density at radius 3 is 2.48 bits per heavy atom. The summed E-state index contributed by atoms with van der Waals surface area (Å²) in [5.41, 5.74) is 0.787. The highest BCUT2D eigenvalue weighted by atomic mass is 32.2. The maximum Gasteiger partial charge on any atom is 0.240 e. The molecule has 0 saturated heterocycles. The zero-order valence-electron chi connectivity index (χ0n) is 13.1. The first-order chi connectivity index (χ1) is 9.76. The molecule has 120 valence electrons. The monoisotopic (exact) mass is 315 g/mol. The van der Waals surface area contributed by atoms with Gasteiger partial charge < -0.3 is 9.84 Å². The van der Waals surface area contributed by atoms with Crippen molar-refractivity contribution >= 4 is 10.0 Å². The van der Waals surface area contributed by atoms with Gasteiger partial charge in [0.05, 0.1) is 11.0 Å². The third kappa shape index (κ3) is 5.65. The van der Waals surface area contributed by atoms with Gasteiger partial charge in [0.15, 0.2) is 0 Å². The number of nitrogens with one attached hydrogen (secondary N) is 1. The molecular weight excluding hydrogens is 290 g/mol. The zero-order valence-corrected chi connectivity index (χ0v) is 13.9. The topological polar surface area (TPSA) is 75.6 Å². The molecule has 0 bridgehead atoms. The number of sulfonamides is 1. The van der Waals surface area contributed by atoms with Crippen LogP contribution in [0.1, 0.15) is 32.8 Å². The fourth-order valence-electron chi connectivity index (χ4n) is 1.83. The van der Waals surface area contributed by atoms with Crippen LogP contribution in [-0.2, 0) is 10.0 Å². The van der Waals surface area contributed by atoms with Crippen molar-refractivity contribution in [1.82, 2.24) is 4.72 Å². The van der Waals surface area contributed by atoms with Gasteiger partial charge in [0, 0.05) is 13.2 Å². The maximum atomic E-state index is 12.2. The number of hydrogen-bond donors (Lipinski definition) is 2. The van der Waals surface area contributed by atoms with Crippen LogP contribution < -0.4 is 9.46 Å². The summed E-state index contributed by atoms with van der Waals surface area (Å²) in [4.78, 5) is 0.229. The molecule has 1 aromatic rings. The van der Waals surface area contributed by atoms with Crippen molar-refractivity contribution in [3.8, 4) is 5.75 Å². The van der Waals surface area contributed by atoms with Crippen molar-refractivity contribution < 1.29 is 18.3 Å². The van der Waals surface area contributed by atoms with E-state index in [1.165, 1.54) is 0 Å². The van der Waals surface area contributed by atoms with Gasteiger partial charge in [0.2, 0.25) is 10.0 Å². The van der Waals surface area contributed by atoms with Gasteiger partial charge in [-0.3, -0.25) is 0 Å². The number of aryl methyl sites for hydroxylation is 1. The Balaban J connectivity index is 2.82. The summed E-state index contributed by atoms with van der Waals surface area (Å²) in [7, 11) is -3.53. The second kappa shape index (κ2) is 7.77. The number of benzene rings is 1. The molecule has 0 saturated carbocycles. The van der Waals surface area contributed by atoms with E-state index in [4.69, 9.17) is 9.84 Å². The van der Waals surface area contributed by atoms with E-state index in [9.17, 15) is 8.42 Å². The molecule has 5 nitrogen and oxygen atoms in total. The fraction of sp³-hybridized carbons (Fsp3) is 0.600. The fourth-order valence-corrected chi connectivity index (χ4v) is 3.08. The summed E-state index contributed by atoms with van der Waals surface area (Å²) in [5, 5.41) is 8.83. The lowest BCUT2D eigenvalue weighted by Gasteiger charge is -2.15. The molecule has 0 heterocycles. The lowest BCUT2D eigenvalue weighted by atomic mass is 10.1. The Kier molecular flexibility index (Phi) is 6.64. The van der Waals surface area contributed by atoms with Gasteiger partial charge in [-0.15, -0.1) is 0 Å². The summed E-state index contributed by atoms with van der Waals surface area (Å²) in [6.07, 6.45) is 0.617. The minimum atomic E-state index is -3.53. The first kappa shape index (κ1) is 17.9. The van der Waals surface area contributed by atoms with Gasteiger partial charge in [-0.25, -0.2) is 13.1 Å². The van der Waals surface area contributed by atoms with E-state index < -0.39 is 10.0 Å². The molecule has 1 rings (SSSR count). The Morgan fingerprint density at radius 1 is 1.29 bits per heavy atom. The maximum absolute atomic E-state index is 12.2. The minimum Gasteiger partial charge on any atom is -0.491 e. The molecule has 1 atom stereocenters. The number of ether oxygens (including phenoxy) is 1. The van der Waals surface area contributed by atoms with Crippen LogP contribution in [0.3, 0.4) is 0 Å². The average molecular weight is 315 g/mol. The van der Waals surface area contributed by atoms with E-state index in [2.05, 4.69) is 4.72 Å². The van der Waals surface area contributed by atoms with E-state index in [0.29, 0.717) is 18.7 Å². The number of hydrogen-bond acceptors (Lipinski definition) is 4. The molecule has 0 aliphatic carbocycles. The van der Waals surface area contributed by atoms with E-state index in [-0.39, 0.29) is 23.5 Å². The van der Waals surface area contributed by atoms with Crippen LogP contribution in [0.4, 0.5) is 0 Å². The normalized spacial score (nSPS) is 13.4. The van der Waals surface area contributed by atoms with Crippen LogP contribution in [0, 0.1) is 12.8 Å². The highest BCUT2D eigenvalue weighted by Crippen LogP contribution is 2.22. The Hall–Kier alpha value is -1.11. The molecule has 6 heteroatoms. The largest absolute Gasteiger partial charge is 0.491 e. The Bertz CT molecular complexity index is 555. The highest BCUT2D eigenvalue weighted by molar-refractivity contribution is 7.89. The van der Waals surface area contributed by atoms with E-state index in [1.807, 2.05) is 27.7 Å². The predicted octanol–water partition coefficient (Wildman–Crippen LogP) is 2.08. The Morgan fingerprint density at radius 2 is 1.95 bits per heavy atom. The quantitative estimate of drug-likeness (QED) is 0.770. The average Bonchev–Trinajstić information content (AvgIpc) is 2.39. The molecule has 0 spiro atoms. The van der Waals surface area contributed by atoms with Crippen molar-refractivity contribution in [3.63, 3.8) is 0 Å². The standard InChI is InChI=1S/C15H25NO4S/c1-11(2)20-15-6-5-14(9-13(15)4)21(18,19)16-10-12(3)7-8-17/h5-6,9,11-12,16-17H,7-8,10H2,1-4H3. The molecule has 0 fully saturated rings. The molecule has 0 aliphatic heterocycles. The molecule has 1 unspecified atom stereocenters. The van der Waals surface area contributed by atoms with Gasteiger partial charge >= 0.3 is 0 Å². The van der Waals surface area contributed by atoms with Crippen LogP contribution in [-0.4, -0.2) is 32.8 Å².